The van der Waals surface area contributed by atoms with Gasteiger partial charge >= 0.3 is 0 Å². The Balaban J connectivity index is 1.32. The molecular formula is C21H21Cl2N5O. The molecule has 6 nitrogen and oxygen atoms in total. The molecule has 2 heterocycles. The molecule has 0 radical (unpaired) electrons. The summed E-state index contributed by atoms with van der Waals surface area (Å²) < 4.78 is 8.28. The van der Waals surface area contributed by atoms with Crippen LogP contribution in [-0.4, -0.2) is 25.0 Å². The van der Waals surface area contributed by atoms with Crippen LogP contribution < -0.4 is 0 Å². The third kappa shape index (κ3) is 2.91. The van der Waals surface area contributed by atoms with Crippen molar-refractivity contribution in [3.05, 3.63) is 58.2 Å². The number of hydrogen-bond donors (Lipinski definition) is 0. The summed E-state index contributed by atoms with van der Waals surface area (Å²) in [5, 5.41) is 14.5. The average Bonchev–Trinajstić information content (AvgIpc) is 3.33. The van der Waals surface area contributed by atoms with E-state index in [0.29, 0.717) is 29.4 Å². The van der Waals surface area contributed by atoms with Crippen LogP contribution in [0.5, 0.6) is 0 Å². The molecule has 4 saturated carbocycles. The second-order valence-corrected chi connectivity index (χ2v) is 10.0. The summed E-state index contributed by atoms with van der Waals surface area (Å²) >= 11 is 12.0. The lowest BCUT2D eigenvalue weighted by Crippen LogP contribution is -2.58. The highest BCUT2D eigenvalue weighted by Crippen LogP contribution is 2.64. The van der Waals surface area contributed by atoms with E-state index in [0.717, 1.165) is 48.6 Å². The molecule has 2 aromatic heterocycles. The summed E-state index contributed by atoms with van der Waals surface area (Å²) in [6.45, 7) is 0. The second-order valence-electron chi connectivity index (χ2n) is 9.23. The van der Waals surface area contributed by atoms with Gasteiger partial charge in [-0.05, 0) is 79.7 Å². The summed E-state index contributed by atoms with van der Waals surface area (Å²) in [6, 6.07) is 7.78. The van der Waals surface area contributed by atoms with Crippen LogP contribution in [-0.2, 0) is 17.4 Å². The number of rotatable bonds is 4. The molecule has 0 amide bonds. The molecule has 8 heteroatoms. The van der Waals surface area contributed by atoms with E-state index >= 15 is 0 Å². The van der Waals surface area contributed by atoms with Gasteiger partial charge in [0, 0.05) is 5.02 Å². The van der Waals surface area contributed by atoms with Gasteiger partial charge in [-0.2, -0.15) is 0 Å². The van der Waals surface area contributed by atoms with Gasteiger partial charge in [-0.15, -0.1) is 15.3 Å². The summed E-state index contributed by atoms with van der Waals surface area (Å²) in [6.07, 6.45) is 9.19. The van der Waals surface area contributed by atoms with Crippen molar-refractivity contribution in [2.24, 2.45) is 11.8 Å². The Labute approximate surface area is 178 Å². The van der Waals surface area contributed by atoms with E-state index in [-0.39, 0.29) is 11.0 Å². The maximum Gasteiger partial charge on any atom is 0.242 e. The van der Waals surface area contributed by atoms with E-state index in [1.807, 2.05) is 28.9 Å². The molecule has 4 fully saturated rings. The van der Waals surface area contributed by atoms with Crippen molar-refractivity contribution in [2.45, 2.75) is 55.9 Å². The molecule has 4 atom stereocenters. The van der Waals surface area contributed by atoms with Crippen LogP contribution in [0, 0.1) is 11.8 Å². The quantitative estimate of drug-likeness (QED) is 0.595. The fourth-order valence-corrected chi connectivity index (χ4v) is 6.77. The van der Waals surface area contributed by atoms with E-state index in [9.17, 15) is 0 Å². The van der Waals surface area contributed by atoms with Gasteiger partial charge in [0.1, 0.15) is 6.33 Å². The molecule has 150 valence electrons. The first-order chi connectivity index (χ1) is 14.0. The molecule has 7 rings (SSSR count). The Kier molecular flexibility index (Phi) is 3.88. The molecule has 4 bridgehead atoms. The summed E-state index contributed by atoms with van der Waals surface area (Å²) in [7, 11) is 0. The predicted octanol–water partition coefficient (Wildman–Crippen LogP) is 4.81. The maximum atomic E-state index is 6.26. The van der Waals surface area contributed by atoms with Crippen molar-refractivity contribution in [1.29, 1.82) is 0 Å². The Hall–Kier alpha value is -1.92. The lowest BCUT2D eigenvalue weighted by Gasteiger charge is -2.60. The van der Waals surface area contributed by atoms with Crippen molar-refractivity contribution in [3.8, 4) is 0 Å². The third-order valence-corrected chi connectivity index (χ3v) is 7.59. The molecule has 0 saturated heterocycles. The molecule has 0 spiro atoms. The zero-order valence-electron chi connectivity index (χ0n) is 15.9. The highest BCUT2D eigenvalue weighted by Gasteiger charge is 2.61. The van der Waals surface area contributed by atoms with Gasteiger partial charge < -0.3 is 4.42 Å². The number of halogens is 2. The minimum atomic E-state index is -0.0618. The molecule has 4 aliphatic carbocycles. The van der Waals surface area contributed by atoms with Crippen molar-refractivity contribution in [2.75, 3.05) is 0 Å². The number of nitrogens with zero attached hydrogens (tertiary/aromatic N) is 5. The monoisotopic (exact) mass is 429 g/mol. The molecule has 3 aromatic rings. The van der Waals surface area contributed by atoms with Gasteiger partial charge in [0.2, 0.25) is 17.1 Å². The molecule has 0 N–H and O–H groups in total. The van der Waals surface area contributed by atoms with Gasteiger partial charge in [0.15, 0.2) is 0 Å². The molecule has 4 aliphatic rings. The average molecular weight is 430 g/mol. The Bertz CT molecular complexity index is 1050. The zero-order valence-corrected chi connectivity index (χ0v) is 17.4. The van der Waals surface area contributed by atoms with Crippen LogP contribution in [0.15, 0.2) is 35.0 Å². The maximum absolute atomic E-state index is 6.26. The minimum absolute atomic E-state index is 0.0327. The number of benzene rings is 1. The van der Waals surface area contributed by atoms with Gasteiger partial charge in [-0.25, -0.2) is 9.67 Å². The highest BCUT2D eigenvalue weighted by atomic mass is 35.5. The van der Waals surface area contributed by atoms with Crippen molar-refractivity contribution >= 4 is 23.2 Å². The van der Waals surface area contributed by atoms with Crippen molar-refractivity contribution in [3.63, 3.8) is 0 Å². The molecular weight excluding hydrogens is 409 g/mol. The molecule has 2 unspecified atom stereocenters. The van der Waals surface area contributed by atoms with Crippen LogP contribution >= 0.6 is 23.2 Å². The largest absolute Gasteiger partial charge is 0.424 e. The van der Waals surface area contributed by atoms with E-state index < -0.39 is 0 Å². The zero-order chi connectivity index (χ0) is 19.6. The first-order valence-corrected chi connectivity index (χ1v) is 10.9. The Morgan fingerprint density at radius 3 is 2.48 bits per heavy atom. The summed E-state index contributed by atoms with van der Waals surface area (Å²) in [5.74, 6) is 2.78. The van der Waals surface area contributed by atoms with Crippen LogP contribution in [0.4, 0.5) is 0 Å². The Morgan fingerprint density at radius 2 is 1.79 bits per heavy atom. The minimum Gasteiger partial charge on any atom is -0.424 e. The number of aromatic nitrogens is 5. The fraction of sp³-hybridized carbons (Fsp3) is 0.524. The van der Waals surface area contributed by atoms with Gasteiger partial charge in [-0.3, -0.25) is 0 Å². The van der Waals surface area contributed by atoms with Gasteiger partial charge in [0.25, 0.3) is 0 Å². The third-order valence-electron chi connectivity index (χ3n) is 7.17. The molecule has 1 aromatic carbocycles. The first kappa shape index (κ1) is 17.9. The van der Waals surface area contributed by atoms with Crippen LogP contribution in [0.1, 0.15) is 55.9 Å². The SMILES string of the molecule is Clc1ccc(Cc2nnc(C34C[C@H]5C[C@@H](C3)CC(n3cnc(Cl)n3)(C5)C4)o2)cc1. The predicted molar refractivity (Wildman–Crippen MR) is 108 cm³/mol. The lowest BCUT2D eigenvalue weighted by atomic mass is 9.47. The van der Waals surface area contributed by atoms with Crippen LogP contribution in [0.3, 0.4) is 0 Å². The molecule has 29 heavy (non-hydrogen) atoms. The normalized spacial score (nSPS) is 32.8. The summed E-state index contributed by atoms with van der Waals surface area (Å²) in [5.41, 5.74) is 1.02. The van der Waals surface area contributed by atoms with Crippen LogP contribution in [0.25, 0.3) is 0 Å². The van der Waals surface area contributed by atoms with Gasteiger partial charge in [0.05, 0.1) is 17.4 Å². The van der Waals surface area contributed by atoms with E-state index in [1.165, 1.54) is 6.42 Å². The fourth-order valence-electron chi connectivity index (χ4n) is 6.52. The van der Waals surface area contributed by atoms with Crippen LogP contribution in [0.2, 0.25) is 10.3 Å². The topological polar surface area (TPSA) is 69.6 Å². The second kappa shape index (κ2) is 6.29. The first-order valence-electron chi connectivity index (χ1n) is 10.2. The summed E-state index contributed by atoms with van der Waals surface area (Å²) in [4.78, 5) is 4.18. The highest BCUT2D eigenvalue weighted by molar-refractivity contribution is 6.30. The van der Waals surface area contributed by atoms with E-state index in [4.69, 9.17) is 27.6 Å². The van der Waals surface area contributed by atoms with E-state index in [2.05, 4.69) is 20.3 Å². The standard InChI is InChI=1S/C21H21Cl2N5O/c22-16-3-1-13(2-4-16)6-17-25-26-18(29-17)20-7-14-5-15(8-20)10-21(9-14,11-20)28-12-24-19(23)27-28/h1-4,12,14-15H,5-11H2/t14-,15+,20?,21?. The lowest BCUT2D eigenvalue weighted by molar-refractivity contribution is -0.0775. The number of hydrogen-bond acceptors (Lipinski definition) is 5. The van der Waals surface area contributed by atoms with Gasteiger partial charge in [-0.1, -0.05) is 23.7 Å². The van der Waals surface area contributed by atoms with E-state index in [1.54, 1.807) is 6.33 Å². The van der Waals surface area contributed by atoms with Crippen molar-refractivity contribution < 1.29 is 4.42 Å². The molecule has 0 aliphatic heterocycles. The Morgan fingerprint density at radius 1 is 1.03 bits per heavy atom. The smallest absolute Gasteiger partial charge is 0.242 e. The van der Waals surface area contributed by atoms with Crippen molar-refractivity contribution in [1.82, 2.24) is 25.0 Å².